The minimum Gasteiger partial charge on any atom is -0.438 e. The molecule has 1 aromatic heterocycles. The first-order chi connectivity index (χ1) is 17.9. The number of fused-ring (bicyclic) bond motifs is 2. The number of hydrogen-bond donors (Lipinski definition) is 2. The molecular weight excluding hydrogens is 486 g/mol. The Kier molecular flexibility index (Phi) is 7.60. The molecule has 1 saturated heterocycles. The van der Waals surface area contributed by atoms with E-state index in [4.69, 9.17) is 16.3 Å². The Labute approximate surface area is 222 Å². The van der Waals surface area contributed by atoms with E-state index in [1.54, 1.807) is 6.20 Å². The maximum Gasteiger partial charge on any atom is 0.227 e. The van der Waals surface area contributed by atoms with Gasteiger partial charge >= 0.3 is 0 Å². The zero-order valence-electron chi connectivity index (χ0n) is 21.0. The van der Waals surface area contributed by atoms with Crippen LogP contribution in [0.2, 0.25) is 5.02 Å². The highest BCUT2D eigenvalue weighted by Gasteiger charge is 2.33. The van der Waals surface area contributed by atoms with E-state index in [-0.39, 0.29) is 5.92 Å². The summed E-state index contributed by atoms with van der Waals surface area (Å²) in [7, 11) is 0. The molecule has 5 rings (SSSR count). The Bertz CT molecular complexity index is 1290. The minimum absolute atomic E-state index is 0.0567. The van der Waals surface area contributed by atoms with Crippen LogP contribution in [0, 0.1) is 5.92 Å². The van der Waals surface area contributed by atoms with Crippen LogP contribution in [0.15, 0.2) is 89.5 Å². The van der Waals surface area contributed by atoms with Crippen molar-refractivity contribution in [3.05, 3.63) is 100 Å². The molecule has 0 spiro atoms. The number of rotatable bonds is 6. The molecule has 0 bridgehead atoms. The molecule has 7 heteroatoms. The molecule has 6 nitrogen and oxygen atoms in total. The number of pyridine rings is 1. The van der Waals surface area contributed by atoms with Crippen LogP contribution in [0.1, 0.15) is 43.7 Å². The summed E-state index contributed by atoms with van der Waals surface area (Å²) >= 11 is 6.02. The summed E-state index contributed by atoms with van der Waals surface area (Å²) in [6.07, 6.45) is 15.1. The predicted molar refractivity (Wildman–Crippen MR) is 147 cm³/mol. The molecule has 3 heterocycles. The second-order valence-corrected chi connectivity index (χ2v) is 10.4. The molecule has 0 amide bonds. The highest BCUT2D eigenvalue weighted by Crippen LogP contribution is 2.39. The summed E-state index contributed by atoms with van der Waals surface area (Å²) in [6, 6.07) is 11.5. The van der Waals surface area contributed by atoms with Crippen molar-refractivity contribution in [3.8, 4) is 5.88 Å². The number of allylic oxidation sites excluding steroid dienone is 6. The lowest BCUT2D eigenvalue weighted by Gasteiger charge is -2.38. The van der Waals surface area contributed by atoms with Crippen molar-refractivity contribution in [2.24, 2.45) is 11.1 Å². The van der Waals surface area contributed by atoms with Crippen LogP contribution in [0.3, 0.4) is 0 Å². The van der Waals surface area contributed by atoms with Crippen LogP contribution in [-0.2, 0) is 5.60 Å². The zero-order valence-corrected chi connectivity index (χ0v) is 21.7. The van der Waals surface area contributed by atoms with Gasteiger partial charge in [-0.25, -0.2) is 4.98 Å². The molecule has 2 aliphatic heterocycles. The smallest absolute Gasteiger partial charge is 0.227 e. The number of ether oxygens (including phenoxy) is 1. The number of aliphatic hydroxyl groups is 1. The van der Waals surface area contributed by atoms with Gasteiger partial charge in [0.25, 0.3) is 0 Å². The lowest BCUT2D eigenvalue weighted by atomic mass is 9.84. The third-order valence-electron chi connectivity index (χ3n) is 7.44. The summed E-state index contributed by atoms with van der Waals surface area (Å²) in [5.74, 6) is 1.43. The highest BCUT2D eigenvalue weighted by molar-refractivity contribution is 6.30. The number of oxime groups is 1. The first-order valence-corrected chi connectivity index (χ1v) is 13.2. The van der Waals surface area contributed by atoms with Crippen molar-refractivity contribution in [2.75, 3.05) is 19.6 Å². The van der Waals surface area contributed by atoms with Crippen molar-refractivity contribution in [1.29, 1.82) is 0 Å². The average Bonchev–Trinajstić information content (AvgIpc) is 3.07. The average molecular weight is 518 g/mol. The van der Waals surface area contributed by atoms with Gasteiger partial charge in [-0.3, -0.25) is 0 Å². The fraction of sp³-hybridized carbons (Fsp3) is 0.333. The van der Waals surface area contributed by atoms with E-state index in [1.807, 2.05) is 55.5 Å². The molecule has 2 N–H and O–H groups in total. The number of piperidine rings is 1. The number of benzene rings is 1. The van der Waals surface area contributed by atoms with Crippen molar-refractivity contribution < 1.29 is 15.1 Å². The van der Waals surface area contributed by atoms with Gasteiger partial charge in [0.1, 0.15) is 5.76 Å². The molecule has 3 aliphatic rings. The zero-order chi connectivity index (χ0) is 25.8. The van der Waals surface area contributed by atoms with Crippen LogP contribution in [0.5, 0.6) is 5.88 Å². The third-order valence-corrected chi connectivity index (χ3v) is 7.69. The Morgan fingerprint density at radius 3 is 2.78 bits per heavy atom. The van der Waals surface area contributed by atoms with Crippen LogP contribution in [-0.4, -0.2) is 45.5 Å². The molecule has 1 aliphatic carbocycles. The largest absolute Gasteiger partial charge is 0.438 e. The van der Waals surface area contributed by atoms with E-state index < -0.39 is 5.60 Å². The van der Waals surface area contributed by atoms with Gasteiger partial charge in [0.2, 0.25) is 5.88 Å². The van der Waals surface area contributed by atoms with Crippen molar-refractivity contribution in [1.82, 2.24) is 9.88 Å². The summed E-state index contributed by atoms with van der Waals surface area (Å²) in [5, 5.41) is 24.5. The van der Waals surface area contributed by atoms with Crippen molar-refractivity contribution in [2.45, 2.75) is 38.2 Å². The van der Waals surface area contributed by atoms with Gasteiger partial charge in [-0.1, -0.05) is 47.1 Å². The number of nitrogens with zero attached hydrogens (tertiary/aromatic N) is 3. The molecule has 37 heavy (non-hydrogen) atoms. The van der Waals surface area contributed by atoms with E-state index in [0.717, 1.165) is 54.1 Å². The normalized spacial score (nSPS) is 22.4. The molecule has 1 unspecified atom stereocenters. The number of likely N-dealkylation sites (tertiary alicyclic amines) is 1. The molecule has 1 atom stereocenters. The first kappa shape index (κ1) is 25.5. The Morgan fingerprint density at radius 1 is 1.24 bits per heavy atom. The highest BCUT2D eigenvalue weighted by atomic mass is 35.5. The predicted octanol–water partition coefficient (Wildman–Crippen LogP) is 6.12. The Balaban J connectivity index is 1.31. The topological polar surface area (TPSA) is 78.2 Å². The van der Waals surface area contributed by atoms with Crippen LogP contribution in [0.4, 0.5) is 0 Å². The SMILES string of the molecule is CC(CC1C=CC=C2Oc3ncccc3C(=CCCN3CCC(O)(c4ccc(Cl)cc4)CC3)C=C21)=NO. The maximum absolute atomic E-state index is 11.2. The third kappa shape index (κ3) is 5.72. The molecular formula is C30H32ClN3O3. The standard InChI is InChI=1S/C30H32ClN3O3/c1-21(33-36)19-22-5-2-8-28-27(22)20-23(26-7-3-15-32-29(26)37-28)6-4-16-34-17-13-30(35,14-18-34)24-9-11-25(31)12-10-24/h2-3,5-12,15,20,22,35-36H,4,13-14,16-19H2,1H3. The Hall–Kier alpha value is -3.19. The molecule has 1 fully saturated rings. The van der Waals surface area contributed by atoms with E-state index in [9.17, 15) is 10.3 Å². The minimum atomic E-state index is -0.796. The summed E-state index contributed by atoms with van der Waals surface area (Å²) in [6.45, 7) is 4.40. The van der Waals surface area contributed by atoms with Gasteiger partial charge in [0.05, 0.1) is 11.3 Å². The van der Waals surface area contributed by atoms with E-state index in [1.165, 1.54) is 0 Å². The van der Waals surface area contributed by atoms with Gasteiger partial charge in [0, 0.05) is 47.9 Å². The lowest BCUT2D eigenvalue weighted by molar-refractivity contribution is -0.0254. The van der Waals surface area contributed by atoms with Gasteiger partial charge in [0.15, 0.2) is 0 Å². The molecule has 2 aromatic rings. The lowest BCUT2D eigenvalue weighted by Crippen LogP contribution is -2.42. The number of aromatic nitrogens is 1. The Morgan fingerprint density at radius 2 is 2.03 bits per heavy atom. The molecule has 0 radical (unpaired) electrons. The van der Waals surface area contributed by atoms with Crippen molar-refractivity contribution in [3.63, 3.8) is 0 Å². The number of hydrogen-bond acceptors (Lipinski definition) is 6. The van der Waals surface area contributed by atoms with Gasteiger partial charge in [-0.2, -0.15) is 0 Å². The number of halogens is 1. The van der Waals surface area contributed by atoms with Gasteiger partial charge < -0.3 is 20.0 Å². The maximum atomic E-state index is 11.2. The summed E-state index contributed by atoms with van der Waals surface area (Å²) < 4.78 is 6.25. The van der Waals surface area contributed by atoms with E-state index in [0.29, 0.717) is 35.9 Å². The molecule has 192 valence electrons. The monoisotopic (exact) mass is 517 g/mol. The quantitative estimate of drug-likeness (QED) is 0.274. The van der Waals surface area contributed by atoms with Crippen molar-refractivity contribution >= 4 is 22.9 Å². The van der Waals surface area contributed by atoms with Crippen LogP contribution < -0.4 is 4.74 Å². The van der Waals surface area contributed by atoms with E-state index >= 15 is 0 Å². The second-order valence-electron chi connectivity index (χ2n) is 9.95. The van der Waals surface area contributed by atoms with E-state index in [2.05, 4.69) is 33.3 Å². The van der Waals surface area contributed by atoms with Crippen LogP contribution >= 0.6 is 11.6 Å². The van der Waals surface area contributed by atoms with Gasteiger partial charge in [-0.15, -0.1) is 0 Å². The first-order valence-electron chi connectivity index (χ1n) is 12.8. The molecule has 1 aromatic carbocycles. The van der Waals surface area contributed by atoms with Crippen LogP contribution in [0.25, 0.3) is 5.57 Å². The molecule has 0 saturated carbocycles. The van der Waals surface area contributed by atoms with Gasteiger partial charge in [-0.05, 0) is 80.2 Å². The summed E-state index contributed by atoms with van der Waals surface area (Å²) in [4.78, 5) is 6.91. The summed E-state index contributed by atoms with van der Waals surface area (Å²) in [5.41, 5.74) is 3.92. The fourth-order valence-corrected chi connectivity index (χ4v) is 5.40. The second kappa shape index (κ2) is 11.1. The fourth-order valence-electron chi connectivity index (χ4n) is 5.28.